The highest BCUT2D eigenvalue weighted by molar-refractivity contribution is 5.92. The van der Waals surface area contributed by atoms with Gasteiger partial charge in [0.25, 0.3) is 5.88 Å². The van der Waals surface area contributed by atoms with Gasteiger partial charge in [0.05, 0.1) is 0 Å². The topological polar surface area (TPSA) is 61.0 Å². The molecule has 0 radical (unpaired) electrons. The minimum atomic E-state index is 0.105. The molecule has 0 aliphatic carbocycles. The summed E-state index contributed by atoms with van der Waals surface area (Å²) in [7, 11) is 0. The third-order valence-corrected chi connectivity index (χ3v) is 4.50. The van der Waals surface area contributed by atoms with E-state index in [9.17, 15) is 0 Å². The van der Waals surface area contributed by atoms with Crippen LogP contribution in [0.3, 0.4) is 0 Å². The van der Waals surface area contributed by atoms with Crippen LogP contribution in [0.1, 0.15) is 49.2 Å². The van der Waals surface area contributed by atoms with Crippen molar-refractivity contribution in [1.29, 1.82) is 0 Å². The van der Waals surface area contributed by atoms with E-state index in [-0.39, 0.29) is 6.10 Å². The molecule has 0 atom stereocenters. The van der Waals surface area contributed by atoms with E-state index in [0.717, 1.165) is 35.2 Å². The molecular formula is C20H25N3O2. The smallest absolute Gasteiger partial charge is 0.265 e. The predicted octanol–water partition coefficient (Wildman–Crippen LogP) is 5.09. The van der Waals surface area contributed by atoms with Crippen molar-refractivity contribution in [3.8, 4) is 17.1 Å². The molecule has 3 rings (SSSR count). The fourth-order valence-corrected chi connectivity index (χ4v) is 3.32. The molecule has 2 aromatic heterocycles. The first-order chi connectivity index (χ1) is 11.9. The van der Waals surface area contributed by atoms with Crippen LogP contribution < -0.4 is 4.74 Å². The lowest BCUT2D eigenvalue weighted by atomic mass is 9.97. The van der Waals surface area contributed by atoms with E-state index < -0.39 is 0 Å². The van der Waals surface area contributed by atoms with E-state index in [1.807, 2.05) is 6.92 Å². The monoisotopic (exact) mass is 339 g/mol. The van der Waals surface area contributed by atoms with Crippen LogP contribution in [-0.4, -0.2) is 21.2 Å². The van der Waals surface area contributed by atoms with E-state index in [1.54, 1.807) is 0 Å². The number of ether oxygens (including phenoxy) is 1. The van der Waals surface area contributed by atoms with Crippen LogP contribution in [-0.2, 0) is 0 Å². The number of benzene rings is 1. The normalized spacial score (nSPS) is 11.5. The van der Waals surface area contributed by atoms with Crippen molar-refractivity contribution in [3.05, 3.63) is 34.6 Å². The Kier molecular flexibility index (Phi) is 4.75. The van der Waals surface area contributed by atoms with Crippen LogP contribution in [0.2, 0.25) is 0 Å². The van der Waals surface area contributed by atoms with Gasteiger partial charge in [-0.3, -0.25) is 0 Å². The maximum atomic E-state index is 6.05. The second-order valence-corrected chi connectivity index (χ2v) is 6.61. The summed E-state index contributed by atoms with van der Waals surface area (Å²) in [5.41, 5.74) is 6.60. The number of aromatic nitrogens is 3. The Balaban J connectivity index is 2.19. The van der Waals surface area contributed by atoms with Crippen molar-refractivity contribution in [3.63, 3.8) is 0 Å². The zero-order chi connectivity index (χ0) is 18.1. The fraction of sp³-hybridized carbons (Fsp3) is 0.450. The Morgan fingerprint density at radius 1 is 1.00 bits per heavy atom. The third kappa shape index (κ3) is 3.23. The molecule has 0 aliphatic rings. The van der Waals surface area contributed by atoms with E-state index in [2.05, 4.69) is 61.9 Å². The van der Waals surface area contributed by atoms with Crippen molar-refractivity contribution in [2.24, 2.45) is 0 Å². The standard InChI is InChI=1S/C20H25N3O2/c1-7-15(8-2)24-20-19-18(21-14(6)22-20)17(23-25-19)16-12(4)9-11(3)10-13(16)5/h9-10,15H,7-8H2,1-6H3. The highest BCUT2D eigenvalue weighted by atomic mass is 16.5. The molecular weight excluding hydrogens is 314 g/mol. The molecule has 0 amide bonds. The molecule has 5 nitrogen and oxygen atoms in total. The van der Waals surface area contributed by atoms with Crippen molar-refractivity contribution < 1.29 is 9.26 Å². The Morgan fingerprint density at radius 2 is 1.64 bits per heavy atom. The van der Waals surface area contributed by atoms with Crippen molar-refractivity contribution in [1.82, 2.24) is 15.1 Å². The zero-order valence-corrected chi connectivity index (χ0v) is 15.8. The first-order valence-electron chi connectivity index (χ1n) is 8.83. The fourth-order valence-electron chi connectivity index (χ4n) is 3.32. The summed E-state index contributed by atoms with van der Waals surface area (Å²) in [6.45, 7) is 12.3. The maximum Gasteiger partial charge on any atom is 0.265 e. The van der Waals surface area contributed by atoms with Gasteiger partial charge in [0.2, 0.25) is 5.58 Å². The van der Waals surface area contributed by atoms with Gasteiger partial charge in [0.15, 0.2) is 0 Å². The van der Waals surface area contributed by atoms with Gasteiger partial charge in [-0.1, -0.05) is 36.7 Å². The molecule has 0 bridgehead atoms. The molecule has 132 valence electrons. The summed E-state index contributed by atoms with van der Waals surface area (Å²) < 4.78 is 11.7. The molecule has 0 saturated carbocycles. The van der Waals surface area contributed by atoms with Gasteiger partial charge < -0.3 is 9.26 Å². The Morgan fingerprint density at radius 3 is 2.24 bits per heavy atom. The van der Waals surface area contributed by atoms with Gasteiger partial charge in [-0.15, -0.1) is 0 Å². The van der Waals surface area contributed by atoms with Gasteiger partial charge in [-0.25, -0.2) is 4.98 Å². The molecule has 0 saturated heterocycles. The van der Waals surface area contributed by atoms with Crippen molar-refractivity contribution >= 4 is 11.1 Å². The highest BCUT2D eigenvalue weighted by Gasteiger charge is 2.22. The molecule has 0 spiro atoms. The SMILES string of the molecule is CCC(CC)Oc1nc(C)nc2c(-c3c(C)cc(C)cc3C)noc12. The molecule has 3 aromatic rings. The third-order valence-electron chi connectivity index (χ3n) is 4.50. The summed E-state index contributed by atoms with van der Waals surface area (Å²) in [4.78, 5) is 9.02. The van der Waals surface area contributed by atoms with Crippen LogP contribution in [0, 0.1) is 27.7 Å². The molecule has 2 heterocycles. The average Bonchev–Trinajstić information content (AvgIpc) is 2.95. The average molecular weight is 339 g/mol. The Hall–Kier alpha value is -2.43. The number of hydrogen-bond donors (Lipinski definition) is 0. The van der Waals surface area contributed by atoms with Crippen LogP contribution in [0.15, 0.2) is 16.7 Å². The second kappa shape index (κ2) is 6.82. The van der Waals surface area contributed by atoms with Gasteiger partial charge in [-0.2, -0.15) is 4.98 Å². The predicted molar refractivity (Wildman–Crippen MR) is 99.0 cm³/mol. The second-order valence-electron chi connectivity index (χ2n) is 6.61. The maximum absolute atomic E-state index is 6.05. The molecule has 0 fully saturated rings. The minimum Gasteiger partial charge on any atom is -0.472 e. The van der Waals surface area contributed by atoms with Crippen molar-refractivity contribution in [2.45, 2.75) is 60.5 Å². The number of aryl methyl sites for hydroxylation is 4. The van der Waals surface area contributed by atoms with Crippen LogP contribution in [0.25, 0.3) is 22.4 Å². The lowest BCUT2D eigenvalue weighted by Crippen LogP contribution is -2.15. The van der Waals surface area contributed by atoms with Gasteiger partial charge in [0.1, 0.15) is 23.1 Å². The summed E-state index contributed by atoms with van der Waals surface area (Å²) in [6.07, 6.45) is 1.94. The van der Waals surface area contributed by atoms with Crippen LogP contribution >= 0.6 is 0 Å². The minimum absolute atomic E-state index is 0.105. The largest absolute Gasteiger partial charge is 0.472 e. The van der Waals surface area contributed by atoms with E-state index >= 15 is 0 Å². The first kappa shape index (κ1) is 17.4. The summed E-state index contributed by atoms with van der Waals surface area (Å²) in [5.74, 6) is 1.14. The highest BCUT2D eigenvalue weighted by Crippen LogP contribution is 2.35. The van der Waals surface area contributed by atoms with E-state index in [4.69, 9.17) is 9.26 Å². The number of rotatable bonds is 5. The first-order valence-corrected chi connectivity index (χ1v) is 8.83. The Bertz CT molecular complexity index is 888. The summed E-state index contributed by atoms with van der Waals surface area (Å²) in [5, 5.41) is 4.32. The Labute approximate surface area is 148 Å². The van der Waals surface area contributed by atoms with E-state index in [1.165, 1.54) is 5.56 Å². The summed E-state index contributed by atoms with van der Waals surface area (Å²) in [6, 6.07) is 4.30. The molecule has 0 aliphatic heterocycles. The molecule has 1 aromatic carbocycles. The van der Waals surface area contributed by atoms with Gasteiger partial charge in [-0.05, 0) is 51.7 Å². The molecule has 0 N–H and O–H groups in total. The van der Waals surface area contributed by atoms with Crippen LogP contribution in [0.4, 0.5) is 0 Å². The lowest BCUT2D eigenvalue weighted by Gasteiger charge is -2.14. The molecule has 5 heteroatoms. The van der Waals surface area contributed by atoms with Gasteiger partial charge in [0, 0.05) is 5.56 Å². The lowest BCUT2D eigenvalue weighted by molar-refractivity contribution is 0.183. The van der Waals surface area contributed by atoms with Crippen molar-refractivity contribution in [2.75, 3.05) is 0 Å². The quantitative estimate of drug-likeness (QED) is 0.648. The molecule has 25 heavy (non-hydrogen) atoms. The number of fused-ring (bicyclic) bond motifs is 1. The number of nitrogens with zero attached hydrogens (tertiary/aromatic N) is 3. The molecule has 0 unspecified atom stereocenters. The number of hydrogen-bond acceptors (Lipinski definition) is 5. The zero-order valence-electron chi connectivity index (χ0n) is 15.8. The summed E-state index contributed by atoms with van der Waals surface area (Å²) >= 11 is 0. The van der Waals surface area contributed by atoms with Crippen LogP contribution in [0.5, 0.6) is 5.88 Å². The van der Waals surface area contributed by atoms with Gasteiger partial charge >= 0.3 is 0 Å². The van der Waals surface area contributed by atoms with E-state index in [0.29, 0.717) is 22.8 Å².